The van der Waals surface area contributed by atoms with Crippen molar-refractivity contribution >= 4 is 27.5 Å². The van der Waals surface area contributed by atoms with Gasteiger partial charge in [0.05, 0.1) is 12.8 Å². The molecule has 3 rings (SSSR count). The zero-order valence-corrected chi connectivity index (χ0v) is 16.0. The summed E-state index contributed by atoms with van der Waals surface area (Å²) in [6.07, 6.45) is 2.86. The Hall–Kier alpha value is -3.13. The van der Waals surface area contributed by atoms with Gasteiger partial charge < -0.3 is 10.1 Å². The Morgan fingerprint density at radius 3 is 2.52 bits per heavy atom. The summed E-state index contributed by atoms with van der Waals surface area (Å²) in [6, 6.07) is 13.8. The molecular formula is C19H16BrN3O4. The molecule has 0 saturated heterocycles. The first-order valence-corrected chi connectivity index (χ1v) is 8.79. The van der Waals surface area contributed by atoms with Gasteiger partial charge in [-0.1, -0.05) is 22.0 Å². The molecule has 0 saturated carbocycles. The number of nitrogens with one attached hydrogen (secondary N) is 1. The SMILES string of the molecule is COc1cccc(-n2ccn(CC(=O)Nc3ccc(Br)cc3)c(=O)c2=O)c1. The van der Waals surface area contributed by atoms with E-state index in [9.17, 15) is 14.4 Å². The van der Waals surface area contributed by atoms with E-state index in [0.717, 1.165) is 9.04 Å². The van der Waals surface area contributed by atoms with Crippen LogP contribution >= 0.6 is 15.9 Å². The fourth-order valence-corrected chi connectivity index (χ4v) is 2.75. The first-order valence-electron chi connectivity index (χ1n) is 8.00. The van der Waals surface area contributed by atoms with Crippen LogP contribution in [0.1, 0.15) is 0 Å². The molecule has 0 aliphatic heterocycles. The Morgan fingerprint density at radius 1 is 1.07 bits per heavy atom. The van der Waals surface area contributed by atoms with Gasteiger partial charge in [0.25, 0.3) is 0 Å². The molecule has 1 heterocycles. The van der Waals surface area contributed by atoms with Gasteiger partial charge in [0.1, 0.15) is 12.3 Å². The number of rotatable bonds is 5. The van der Waals surface area contributed by atoms with Crippen molar-refractivity contribution in [2.24, 2.45) is 0 Å². The minimum Gasteiger partial charge on any atom is -0.497 e. The van der Waals surface area contributed by atoms with Gasteiger partial charge >= 0.3 is 11.1 Å². The molecule has 0 aliphatic rings. The molecule has 2 aromatic carbocycles. The fourth-order valence-electron chi connectivity index (χ4n) is 2.49. The van der Waals surface area contributed by atoms with Gasteiger partial charge in [-0.2, -0.15) is 0 Å². The van der Waals surface area contributed by atoms with Crippen LogP contribution in [0.15, 0.2) is 75.0 Å². The number of halogens is 1. The van der Waals surface area contributed by atoms with Crippen molar-refractivity contribution in [3.8, 4) is 11.4 Å². The van der Waals surface area contributed by atoms with E-state index >= 15 is 0 Å². The minimum atomic E-state index is -0.786. The van der Waals surface area contributed by atoms with Crippen molar-refractivity contribution in [1.82, 2.24) is 9.13 Å². The Bertz CT molecular complexity index is 1090. The minimum absolute atomic E-state index is 0.261. The highest BCUT2D eigenvalue weighted by molar-refractivity contribution is 9.10. The monoisotopic (exact) mass is 429 g/mol. The molecule has 1 N–H and O–H groups in total. The van der Waals surface area contributed by atoms with Gasteiger partial charge in [-0.05, 0) is 36.4 Å². The van der Waals surface area contributed by atoms with Crippen molar-refractivity contribution in [2.75, 3.05) is 12.4 Å². The van der Waals surface area contributed by atoms with E-state index < -0.39 is 17.0 Å². The molecule has 7 nitrogen and oxygen atoms in total. The standard InChI is InChI=1S/C19H16BrN3O4/c1-27-16-4-2-3-15(11-16)23-10-9-22(18(25)19(23)26)12-17(24)21-14-7-5-13(20)6-8-14/h2-11H,12H2,1H3,(H,21,24). The highest BCUT2D eigenvalue weighted by Gasteiger charge is 2.10. The Morgan fingerprint density at radius 2 is 1.81 bits per heavy atom. The number of carbonyl (C=O) groups is 1. The lowest BCUT2D eigenvalue weighted by Crippen LogP contribution is -2.41. The number of carbonyl (C=O) groups excluding carboxylic acids is 1. The second-order valence-electron chi connectivity index (χ2n) is 5.66. The van der Waals surface area contributed by atoms with E-state index in [2.05, 4.69) is 21.2 Å². The Balaban J connectivity index is 1.82. The zero-order chi connectivity index (χ0) is 19.4. The average molecular weight is 430 g/mol. The highest BCUT2D eigenvalue weighted by Crippen LogP contribution is 2.15. The molecule has 138 valence electrons. The van der Waals surface area contributed by atoms with Crippen LogP contribution in [0.2, 0.25) is 0 Å². The lowest BCUT2D eigenvalue weighted by Gasteiger charge is -2.10. The molecule has 0 unspecified atom stereocenters. The third-order valence-corrected chi connectivity index (χ3v) is 4.36. The van der Waals surface area contributed by atoms with Gasteiger partial charge in [-0.3, -0.25) is 23.5 Å². The van der Waals surface area contributed by atoms with E-state index in [0.29, 0.717) is 17.1 Å². The number of aromatic nitrogens is 2. The van der Waals surface area contributed by atoms with Gasteiger partial charge in [-0.15, -0.1) is 0 Å². The average Bonchev–Trinajstić information content (AvgIpc) is 2.67. The number of ether oxygens (including phenoxy) is 1. The molecule has 8 heteroatoms. The number of hydrogen-bond acceptors (Lipinski definition) is 4. The molecule has 0 bridgehead atoms. The van der Waals surface area contributed by atoms with E-state index in [1.54, 1.807) is 48.5 Å². The topological polar surface area (TPSA) is 82.3 Å². The largest absolute Gasteiger partial charge is 0.497 e. The van der Waals surface area contributed by atoms with Crippen molar-refractivity contribution < 1.29 is 9.53 Å². The van der Waals surface area contributed by atoms with Gasteiger partial charge in [0, 0.05) is 28.6 Å². The molecular weight excluding hydrogens is 414 g/mol. The van der Waals surface area contributed by atoms with Gasteiger partial charge in [0.15, 0.2) is 0 Å². The maximum absolute atomic E-state index is 12.4. The molecule has 3 aromatic rings. The van der Waals surface area contributed by atoms with Gasteiger partial charge in [0.2, 0.25) is 5.91 Å². The normalized spacial score (nSPS) is 10.4. The van der Waals surface area contributed by atoms with Crippen LogP contribution in [0.25, 0.3) is 5.69 Å². The van der Waals surface area contributed by atoms with Crippen LogP contribution in [-0.2, 0) is 11.3 Å². The summed E-state index contributed by atoms with van der Waals surface area (Å²) < 4.78 is 8.31. The summed E-state index contributed by atoms with van der Waals surface area (Å²) in [5, 5.41) is 2.68. The molecule has 0 fully saturated rings. The molecule has 27 heavy (non-hydrogen) atoms. The molecule has 0 radical (unpaired) electrons. The number of benzene rings is 2. The summed E-state index contributed by atoms with van der Waals surface area (Å²) in [5.74, 6) is 0.162. The maximum atomic E-state index is 12.4. The van der Waals surface area contributed by atoms with Crippen LogP contribution in [0, 0.1) is 0 Å². The molecule has 1 aromatic heterocycles. The van der Waals surface area contributed by atoms with E-state index in [1.165, 1.54) is 24.1 Å². The summed E-state index contributed by atoms with van der Waals surface area (Å²) in [4.78, 5) is 36.9. The molecule has 0 aliphatic carbocycles. The van der Waals surface area contributed by atoms with Crippen LogP contribution in [0.5, 0.6) is 5.75 Å². The predicted octanol–water partition coefficient (Wildman–Crippen LogP) is 2.41. The van der Waals surface area contributed by atoms with Crippen molar-refractivity contribution in [2.45, 2.75) is 6.54 Å². The summed E-state index contributed by atoms with van der Waals surface area (Å²) in [7, 11) is 1.52. The van der Waals surface area contributed by atoms with E-state index in [1.807, 2.05) is 0 Å². The number of hydrogen-bond donors (Lipinski definition) is 1. The molecule has 0 atom stereocenters. The Kier molecular flexibility index (Phi) is 5.56. The number of methoxy groups -OCH3 is 1. The third kappa shape index (κ3) is 4.35. The van der Waals surface area contributed by atoms with Crippen LogP contribution in [0.4, 0.5) is 5.69 Å². The van der Waals surface area contributed by atoms with Crippen LogP contribution in [-0.4, -0.2) is 22.2 Å². The van der Waals surface area contributed by atoms with Crippen molar-refractivity contribution in [3.05, 3.63) is 86.1 Å². The second-order valence-corrected chi connectivity index (χ2v) is 6.58. The zero-order valence-electron chi connectivity index (χ0n) is 14.4. The number of amides is 1. The van der Waals surface area contributed by atoms with Crippen LogP contribution in [0.3, 0.4) is 0 Å². The Labute approximate surface area is 163 Å². The summed E-state index contributed by atoms with van der Waals surface area (Å²) in [5.41, 5.74) is -0.433. The second kappa shape index (κ2) is 8.05. The van der Waals surface area contributed by atoms with Gasteiger partial charge in [-0.25, -0.2) is 0 Å². The maximum Gasteiger partial charge on any atom is 0.320 e. The van der Waals surface area contributed by atoms with Crippen molar-refractivity contribution in [1.29, 1.82) is 0 Å². The quantitative estimate of drug-likeness (QED) is 0.631. The molecule has 0 spiro atoms. The van der Waals surface area contributed by atoms with E-state index in [-0.39, 0.29) is 6.54 Å². The fraction of sp³-hybridized carbons (Fsp3) is 0.105. The first-order chi connectivity index (χ1) is 13.0. The van der Waals surface area contributed by atoms with Crippen LogP contribution < -0.4 is 21.2 Å². The molecule has 1 amide bonds. The lowest BCUT2D eigenvalue weighted by molar-refractivity contribution is -0.116. The first kappa shape index (κ1) is 18.7. The lowest BCUT2D eigenvalue weighted by atomic mass is 10.3. The number of anilines is 1. The third-order valence-electron chi connectivity index (χ3n) is 3.83. The number of nitrogens with zero attached hydrogens (tertiary/aromatic N) is 2. The van der Waals surface area contributed by atoms with Crippen molar-refractivity contribution in [3.63, 3.8) is 0 Å². The summed E-state index contributed by atoms with van der Waals surface area (Å²) >= 11 is 3.31. The highest BCUT2D eigenvalue weighted by atomic mass is 79.9. The summed E-state index contributed by atoms with van der Waals surface area (Å²) in [6.45, 7) is -0.261. The predicted molar refractivity (Wildman–Crippen MR) is 106 cm³/mol. The smallest absolute Gasteiger partial charge is 0.320 e. The van der Waals surface area contributed by atoms with E-state index in [4.69, 9.17) is 4.74 Å².